The lowest BCUT2D eigenvalue weighted by molar-refractivity contribution is -0.139. The molecule has 0 bridgehead atoms. The van der Waals surface area contributed by atoms with Crippen molar-refractivity contribution in [3.63, 3.8) is 0 Å². The smallest absolute Gasteiger partial charge is 0.261 e. The Morgan fingerprint density at radius 1 is 1.50 bits per heavy atom. The molecule has 6 heteroatoms. The van der Waals surface area contributed by atoms with Crippen LogP contribution in [-0.2, 0) is 16.0 Å². The van der Waals surface area contributed by atoms with Crippen molar-refractivity contribution < 1.29 is 13.9 Å². The lowest BCUT2D eigenvalue weighted by Gasteiger charge is -2.17. The van der Waals surface area contributed by atoms with Gasteiger partial charge in [0.1, 0.15) is 6.10 Å². The van der Waals surface area contributed by atoms with Gasteiger partial charge in [0.25, 0.3) is 5.56 Å². The highest BCUT2D eigenvalue weighted by Crippen LogP contribution is 2.23. The quantitative estimate of drug-likeness (QED) is 0.839. The molecule has 3 rings (SSSR count). The zero-order chi connectivity index (χ0) is 14.3. The summed E-state index contributed by atoms with van der Waals surface area (Å²) in [5, 5.41) is 0.552. The van der Waals surface area contributed by atoms with E-state index in [4.69, 9.17) is 9.47 Å². The molecule has 2 aromatic heterocycles. The molecule has 0 N–H and O–H groups in total. The van der Waals surface area contributed by atoms with E-state index in [1.165, 1.54) is 10.8 Å². The normalized spacial score (nSPS) is 21.4. The summed E-state index contributed by atoms with van der Waals surface area (Å²) in [6.07, 6.45) is 3.93. The minimum absolute atomic E-state index is 0.0562. The third-order valence-electron chi connectivity index (χ3n) is 3.31. The average Bonchev–Trinajstić information content (AvgIpc) is 2.72. The molecule has 3 heterocycles. The second-order valence-corrected chi connectivity index (χ2v) is 5.31. The zero-order valence-electron chi connectivity index (χ0n) is 11.3. The van der Waals surface area contributed by atoms with Crippen LogP contribution in [0.25, 0.3) is 10.8 Å². The monoisotopic (exact) mass is 278 g/mol. The van der Waals surface area contributed by atoms with E-state index in [1.54, 1.807) is 12.3 Å². The van der Waals surface area contributed by atoms with Crippen LogP contribution in [0.2, 0.25) is 0 Å². The van der Waals surface area contributed by atoms with Crippen molar-refractivity contribution in [3.05, 3.63) is 40.8 Å². The molecule has 0 amide bonds. The lowest BCUT2D eigenvalue weighted by Crippen LogP contribution is -2.29. The molecule has 1 atom stereocenters. The van der Waals surface area contributed by atoms with Crippen molar-refractivity contribution in [1.82, 2.24) is 9.55 Å². The van der Waals surface area contributed by atoms with E-state index in [1.807, 2.05) is 13.8 Å². The van der Waals surface area contributed by atoms with Crippen molar-refractivity contribution in [3.8, 4) is 0 Å². The van der Waals surface area contributed by atoms with Crippen LogP contribution in [0.3, 0.4) is 0 Å². The maximum absolute atomic E-state index is 13.7. The van der Waals surface area contributed by atoms with E-state index in [-0.39, 0.29) is 17.0 Å². The molecule has 1 saturated heterocycles. The van der Waals surface area contributed by atoms with Gasteiger partial charge in [-0.05, 0) is 19.9 Å². The molecule has 5 nitrogen and oxygen atoms in total. The molecule has 0 aliphatic carbocycles. The average molecular weight is 278 g/mol. The SMILES string of the molecule is CC1(C)OC[C@H](Cn2ccc3cncc(F)c3c2=O)O1. The molecule has 1 fully saturated rings. The fourth-order valence-corrected chi connectivity index (χ4v) is 2.40. The van der Waals surface area contributed by atoms with Gasteiger partial charge in [0.15, 0.2) is 11.6 Å². The minimum Gasteiger partial charge on any atom is -0.348 e. The molecule has 0 aromatic carbocycles. The van der Waals surface area contributed by atoms with E-state index in [9.17, 15) is 9.18 Å². The van der Waals surface area contributed by atoms with Gasteiger partial charge < -0.3 is 14.0 Å². The summed E-state index contributed by atoms with van der Waals surface area (Å²) in [5.74, 6) is -1.24. The number of nitrogens with zero attached hydrogens (tertiary/aromatic N) is 2. The number of halogens is 1. The second kappa shape index (κ2) is 4.64. The highest BCUT2D eigenvalue weighted by atomic mass is 19.1. The van der Waals surface area contributed by atoms with E-state index in [2.05, 4.69) is 4.98 Å². The first-order valence-electron chi connectivity index (χ1n) is 6.41. The van der Waals surface area contributed by atoms with Crippen LogP contribution >= 0.6 is 0 Å². The summed E-state index contributed by atoms with van der Waals surface area (Å²) in [6, 6.07) is 1.67. The summed E-state index contributed by atoms with van der Waals surface area (Å²) >= 11 is 0. The molecule has 0 spiro atoms. The third-order valence-corrected chi connectivity index (χ3v) is 3.31. The second-order valence-electron chi connectivity index (χ2n) is 5.31. The highest BCUT2D eigenvalue weighted by Gasteiger charge is 2.32. The fourth-order valence-electron chi connectivity index (χ4n) is 2.40. The van der Waals surface area contributed by atoms with Crippen molar-refractivity contribution in [2.75, 3.05) is 6.61 Å². The minimum atomic E-state index is -0.639. The Morgan fingerprint density at radius 3 is 3.00 bits per heavy atom. The molecule has 106 valence electrons. The van der Waals surface area contributed by atoms with Gasteiger partial charge in [-0.3, -0.25) is 9.78 Å². The van der Waals surface area contributed by atoms with Crippen LogP contribution in [-0.4, -0.2) is 28.0 Å². The molecular weight excluding hydrogens is 263 g/mol. The first-order chi connectivity index (χ1) is 9.46. The van der Waals surface area contributed by atoms with Crippen LogP contribution in [0, 0.1) is 5.82 Å². The Hall–Kier alpha value is -1.79. The maximum atomic E-state index is 13.7. The Bertz CT molecular complexity index is 711. The van der Waals surface area contributed by atoms with Gasteiger partial charge in [-0.25, -0.2) is 4.39 Å². The van der Waals surface area contributed by atoms with Crippen LogP contribution in [0.15, 0.2) is 29.5 Å². The van der Waals surface area contributed by atoms with Gasteiger partial charge in [-0.15, -0.1) is 0 Å². The van der Waals surface area contributed by atoms with Crippen molar-refractivity contribution in [2.45, 2.75) is 32.3 Å². The van der Waals surface area contributed by atoms with Crippen molar-refractivity contribution in [1.29, 1.82) is 0 Å². The Morgan fingerprint density at radius 2 is 2.30 bits per heavy atom. The highest BCUT2D eigenvalue weighted by molar-refractivity contribution is 5.80. The lowest BCUT2D eigenvalue weighted by atomic mass is 10.2. The van der Waals surface area contributed by atoms with Crippen molar-refractivity contribution >= 4 is 10.8 Å². The summed E-state index contributed by atoms with van der Waals surface area (Å²) < 4.78 is 26.3. The van der Waals surface area contributed by atoms with Gasteiger partial charge in [0, 0.05) is 17.8 Å². The molecule has 0 radical (unpaired) electrons. The molecule has 1 aliphatic rings. The number of hydrogen-bond acceptors (Lipinski definition) is 4. The summed E-state index contributed by atoms with van der Waals surface area (Å²) in [7, 11) is 0. The van der Waals surface area contributed by atoms with Gasteiger partial charge in [0.2, 0.25) is 0 Å². The molecule has 0 unspecified atom stereocenters. The van der Waals surface area contributed by atoms with Crippen LogP contribution in [0.4, 0.5) is 4.39 Å². The molecule has 20 heavy (non-hydrogen) atoms. The largest absolute Gasteiger partial charge is 0.348 e. The van der Waals surface area contributed by atoms with Crippen LogP contribution in [0.5, 0.6) is 0 Å². The molecule has 2 aromatic rings. The number of aromatic nitrogens is 2. The summed E-state index contributed by atoms with van der Waals surface area (Å²) in [6.45, 7) is 4.39. The predicted octanol–water partition coefficient (Wildman–Crippen LogP) is 1.69. The Labute approximate surface area is 115 Å². The standard InChI is InChI=1S/C14H15FN2O3/c1-14(2)19-8-10(20-14)7-17-4-3-9-5-16-6-11(15)12(9)13(17)18/h3-6,10H,7-8H2,1-2H3/t10-/m0/s1. The Balaban J connectivity index is 1.95. The van der Waals surface area contributed by atoms with E-state index in [0.717, 1.165) is 6.20 Å². The third kappa shape index (κ3) is 2.32. The maximum Gasteiger partial charge on any atom is 0.261 e. The molecule has 0 saturated carbocycles. The predicted molar refractivity (Wildman–Crippen MR) is 70.9 cm³/mol. The number of fused-ring (bicyclic) bond motifs is 1. The van der Waals surface area contributed by atoms with Gasteiger partial charge in [-0.1, -0.05) is 0 Å². The first kappa shape index (κ1) is 13.2. The summed E-state index contributed by atoms with van der Waals surface area (Å²) in [4.78, 5) is 16.0. The van der Waals surface area contributed by atoms with Crippen LogP contribution < -0.4 is 5.56 Å². The van der Waals surface area contributed by atoms with E-state index in [0.29, 0.717) is 18.5 Å². The topological polar surface area (TPSA) is 53.4 Å². The molecular formula is C14H15FN2O3. The van der Waals surface area contributed by atoms with Gasteiger partial charge in [-0.2, -0.15) is 0 Å². The van der Waals surface area contributed by atoms with Gasteiger partial charge in [0.05, 0.1) is 24.7 Å². The van der Waals surface area contributed by atoms with Crippen molar-refractivity contribution in [2.24, 2.45) is 0 Å². The first-order valence-corrected chi connectivity index (χ1v) is 6.41. The zero-order valence-corrected chi connectivity index (χ0v) is 11.3. The van der Waals surface area contributed by atoms with Crippen LogP contribution in [0.1, 0.15) is 13.8 Å². The number of ether oxygens (including phenoxy) is 2. The van der Waals surface area contributed by atoms with E-state index >= 15 is 0 Å². The number of hydrogen-bond donors (Lipinski definition) is 0. The number of rotatable bonds is 2. The fraction of sp³-hybridized carbons (Fsp3) is 0.429. The Kier molecular flexibility index (Phi) is 3.07. The summed E-state index contributed by atoms with van der Waals surface area (Å²) in [5.41, 5.74) is -0.379. The number of pyridine rings is 2. The van der Waals surface area contributed by atoms with Gasteiger partial charge >= 0.3 is 0 Å². The molecule has 1 aliphatic heterocycles. The van der Waals surface area contributed by atoms with E-state index < -0.39 is 11.6 Å².